The van der Waals surface area contributed by atoms with Crippen LogP contribution in [0.1, 0.15) is 36.3 Å². The summed E-state index contributed by atoms with van der Waals surface area (Å²) in [5.74, 6) is 0.506. The highest BCUT2D eigenvalue weighted by molar-refractivity contribution is 5.56. The van der Waals surface area contributed by atoms with Crippen LogP contribution in [0.15, 0.2) is 9.42 Å². The Morgan fingerprint density at radius 3 is 3.00 bits per heavy atom. The first-order valence-electron chi connectivity index (χ1n) is 6.42. The molecule has 1 aliphatic rings. The van der Waals surface area contributed by atoms with Crippen LogP contribution < -0.4 is 5.69 Å². The molecule has 0 radical (unpaired) electrons. The van der Waals surface area contributed by atoms with Gasteiger partial charge in [0.25, 0.3) is 0 Å². The molecule has 1 unspecified atom stereocenters. The lowest BCUT2D eigenvalue weighted by Gasteiger charge is -2.21. The SMILES string of the molecule is Cc1nonc1Cn1nc2n(c1=O)C(OC(=O)O)CCC2. The normalized spacial score (nSPS) is 17.5. The Balaban J connectivity index is 1.95. The topological polar surface area (TPSA) is 125 Å². The number of aromatic nitrogens is 5. The van der Waals surface area contributed by atoms with Gasteiger partial charge in [-0.2, -0.15) is 5.10 Å². The van der Waals surface area contributed by atoms with Crippen LogP contribution in [0.3, 0.4) is 0 Å². The number of aryl methyl sites for hydroxylation is 2. The highest BCUT2D eigenvalue weighted by Gasteiger charge is 2.28. The molecule has 3 heterocycles. The molecular formula is C11H13N5O5. The molecule has 10 nitrogen and oxygen atoms in total. The predicted molar refractivity (Wildman–Crippen MR) is 65.7 cm³/mol. The molecule has 112 valence electrons. The zero-order valence-corrected chi connectivity index (χ0v) is 11.2. The van der Waals surface area contributed by atoms with E-state index in [4.69, 9.17) is 9.84 Å². The number of hydrogen-bond acceptors (Lipinski definition) is 7. The van der Waals surface area contributed by atoms with Gasteiger partial charge < -0.3 is 9.84 Å². The summed E-state index contributed by atoms with van der Waals surface area (Å²) in [5.41, 5.74) is 0.646. The highest BCUT2D eigenvalue weighted by atomic mass is 16.7. The van der Waals surface area contributed by atoms with Crippen molar-refractivity contribution < 1.29 is 19.3 Å². The third kappa shape index (κ3) is 2.39. The molecule has 0 saturated carbocycles. The first-order valence-corrected chi connectivity index (χ1v) is 6.42. The van der Waals surface area contributed by atoms with Crippen molar-refractivity contribution in [1.29, 1.82) is 0 Å². The van der Waals surface area contributed by atoms with Gasteiger partial charge in [0.1, 0.15) is 17.2 Å². The maximum Gasteiger partial charge on any atom is 0.507 e. The number of hydrogen-bond donors (Lipinski definition) is 1. The van der Waals surface area contributed by atoms with Crippen molar-refractivity contribution in [3.05, 3.63) is 27.7 Å². The van der Waals surface area contributed by atoms with Gasteiger partial charge in [-0.05, 0) is 13.3 Å². The molecule has 2 aromatic rings. The van der Waals surface area contributed by atoms with Crippen LogP contribution in [-0.4, -0.2) is 35.9 Å². The second-order valence-corrected chi connectivity index (χ2v) is 4.75. The van der Waals surface area contributed by atoms with E-state index in [9.17, 15) is 9.59 Å². The Morgan fingerprint density at radius 1 is 1.52 bits per heavy atom. The van der Waals surface area contributed by atoms with Gasteiger partial charge in [-0.25, -0.2) is 23.5 Å². The van der Waals surface area contributed by atoms with Crippen LogP contribution in [0, 0.1) is 6.92 Å². The van der Waals surface area contributed by atoms with Crippen molar-refractivity contribution in [3.63, 3.8) is 0 Å². The fourth-order valence-electron chi connectivity index (χ4n) is 2.35. The molecule has 0 spiro atoms. The van der Waals surface area contributed by atoms with Gasteiger partial charge in [0.15, 0.2) is 6.23 Å². The minimum absolute atomic E-state index is 0.119. The second-order valence-electron chi connectivity index (χ2n) is 4.75. The van der Waals surface area contributed by atoms with Crippen LogP contribution in [0.5, 0.6) is 0 Å². The molecule has 1 aliphatic heterocycles. The van der Waals surface area contributed by atoms with E-state index in [1.54, 1.807) is 6.92 Å². The highest BCUT2D eigenvalue weighted by Crippen LogP contribution is 2.23. The first kappa shape index (κ1) is 13.3. The third-order valence-corrected chi connectivity index (χ3v) is 3.36. The van der Waals surface area contributed by atoms with Crippen molar-refractivity contribution in [1.82, 2.24) is 24.7 Å². The maximum atomic E-state index is 12.4. The van der Waals surface area contributed by atoms with E-state index in [-0.39, 0.29) is 6.54 Å². The summed E-state index contributed by atoms with van der Waals surface area (Å²) in [6.45, 7) is 1.83. The van der Waals surface area contributed by atoms with Crippen LogP contribution >= 0.6 is 0 Å². The molecule has 0 amide bonds. The van der Waals surface area contributed by atoms with Crippen LogP contribution in [-0.2, 0) is 17.7 Å². The summed E-state index contributed by atoms with van der Waals surface area (Å²) in [7, 11) is 0. The van der Waals surface area contributed by atoms with Gasteiger partial charge >= 0.3 is 11.8 Å². The zero-order valence-electron chi connectivity index (χ0n) is 11.2. The molecule has 0 saturated heterocycles. The molecule has 2 aromatic heterocycles. The average Bonchev–Trinajstić information content (AvgIpc) is 2.96. The number of nitrogens with zero attached hydrogens (tertiary/aromatic N) is 5. The van der Waals surface area contributed by atoms with Gasteiger partial charge in [0.2, 0.25) is 0 Å². The van der Waals surface area contributed by atoms with Gasteiger partial charge in [0.05, 0.1) is 6.54 Å². The molecule has 0 aliphatic carbocycles. The minimum Gasteiger partial charge on any atom is -0.450 e. The minimum atomic E-state index is -1.41. The second kappa shape index (κ2) is 5.04. The Kier molecular flexibility index (Phi) is 3.20. The fraction of sp³-hybridized carbons (Fsp3) is 0.545. The molecule has 21 heavy (non-hydrogen) atoms. The van der Waals surface area contributed by atoms with Crippen LogP contribution in [0.25, 0.3) is 0 Å². The largest absolute Gasteiger partial charge is 0.507 e. The van der Waals surface area contributed by atoms with Crippen molar-refractivity contribution in [2.45, 2.75) is 39.0 Å². The average molecular weight is 295 g/mol. The molecule has 0 fully saturated rings. The van der Waals surface area contributed by atoms with Crippen molar-refractivity contribution >= 4 is 6.16 Å². The van der Waals surface area contributed by atoms with Crippen molar-refractivity contribution in [2.24, 2.45) is 0 Å². The van der Waals surface area contributed by atoms with Gasteiger partial charge in [0, 0.05) is 12.8 Å². The fourth-order valence-corrected chi connectivity index (χ4v) is 2.35. The summed E-state index contributed by atoms with van der Waals surface area (Å²) < 4.78 is 11.8. The van der Waals surface area contributed by atoms with E-state index in [1.807, 2.05) is 0 Å². The summed E-state index contributed by atoms with van der Waals surface area (Å²) >= 11 is 0. The molecule has 1 N–H and O–H groups in total. The third-order valence-electron chi connectivity index (χ3n) is 3.36. The predicted octanol–water partition coefficient (Wildman–Crippen LogP) is 0.314. The van der Waals surface area contributed by atoms with E-state index in [0.29, 0.717) is 36.5 Å². The van der Waals surface area contributed by atoms with E-state index in [0.717, 1.165) is 0 Å². The summed E-state index contributed by atoms with van der Waals surface area (Å²) in [6, 6.07) is 0. The smallest absolute Gasteiger partial charge is 0.450 e. The number of rotatable bonds is 3. The molecule has 0 bridgehead atoms. The monoisotopic (exact) mass is 295 g/mol. The Bertz CT molecular complexity index is 730. The zero-order chi connectivity index (χ0) is 15.0. The van der Waals surface area contributed by atoms with Gasteiger partial charge in [-0.15, -0.1) is 0 Å². The van der Waals surface area contributed by atoms with E-state index < -0.39 is 18.1 Å². The molecular weight excluding hydrogens is 282 g/mol. The van der Waals surface area contributed by atoms with Crippen LogP contribution in [0.4, 0.5) is 4.79 Å². The quantitative estimate of drug-likeness (QED) is 0.802. The number of carboxylic acid groups (broad SMARTS) is 1. The standard InChI is InChI=1S/C11H13N5O5/c1-6-7(14-21-13-6)5-15-10(17)16-8(12-15)3-2-4-9(16)20-11(18)19/h9H,2-5H2,1H3,(H,18,19). The molecule has 3 rings (SSSR count). The van der Waals surface area contributed by atoms with Crippen molar-refractivity contribution in [2.75, 3.05) is 0 Å². The number of fused-ring (bicyclic) bond motifs is 1. The Hall–Kier alpha value is -2.65. The van der Waals surface area contributed by atoms with E-state index in [1.165, 1.54) is 9.25 Å². The Labute approximate surface area is 117 Å². The van der Waals surface area contributed by atoms with Crippen LogP contribution in [0.2, 0.25) is 0 Å². The summed E-state index contributed by atoms with van der Waals surface area (Å²) in [5, 5.41) is 20.3. The molecule has 10 heteroatoms. The van der Waals surface area contributed by atoms with Crippen molar-refractivity contribution in [3.8, 4) is 0 Å². The lowest BCUT2D eigenvalue weighted by atomic mass is 10.1. The molecule has 1 atom stereocenters. The first-order chi connectivity index (χ1) is 10.1. The van der Waals surface area contributed by atoms with Gasteiger partial charge in [-0.3, -0.25) is 0 Å². The Morgan fingerprint density at radius 2 is 2.33 bits per heavy atom. The number of carbonyl (C=O) groups is 1. The maximum absolute atomic E-state index is 12.4. The lowest BCUT2D eigenvalue weighted by Crippen LogP contribution is -2.33. The van der Waals surface area contributed by atoms with Gasteiger partial charge in [-0.1, -0.05) is 10.3 Å². The summed E-state index contributed by atoms with van der Waals surface area (Å²) in [4.78, 5) is 23.1. The number of ether oxygens (including phenoxy) is 1. The van der Waals surface area contributed by atoms with E-state index in [2.05, 4.69) is 20.0 Å². The lowest BCUT2D eigenvalue weighted by molar-refractivity contribution is 0.00392. The summed E-state index contributed by atoms with van der Waals surface area (Å²) in [6.07, 6.45) is -0.486. The van der Waals surface area contributed by atoms with E-state index >= 15 is 0 Å². The molecule has 0 aromatic carbocycles.